The Labute approximate surface area is 125 Å². The van der Waals surface area contributed by atoms with E-state index < -0.39 is 0 Å². The fourth-order valence-corrected chi connectivity index (χ4v) is 3.03. The zero-order chi connectivity index (χ0) is 14.7. The van der Waals surface area contributed by atoms with Crippen LogP contribution >= 0.6 is 0 Å². The lowest BCUT2D eigenvalue weighted by molar-refractivity contribution is 0.0656. The fourth-order valence-electron chi connectivity index (χ4n) is 3.03. The normalized spacial score (nSPS) is 18.0. The highest BCUT2D eigenvalue weighted by Crippen LogP contribution is 2.32. The van der Waals surface area contributed by atoms with Gasteiger partial charge in [0.1, 0.15) is 5.75 Å². The number of ether oxygens (including phenoxy) is 1. The van der Waals surface area contributed by atoms with E-state index in [0.717, 1.165) is 48.9 Å². The van der Waals surface area contributed by atoms with Crippen LogP contribution in [0.15, 0.2) is 36.4 Å². The summed E-state index contributed by atoms with van der Waals surface area (Å²) in [6.45, 7) is 4.85. The molecular formula is C18H23NO2. The highest BCUT2D eigenvalue weighted by Gasteiger charge is 2.17. The van der Waals surface area contributed by atoms with Gasteiger partial charge in [0.05, 0.1) is 0 Å². The van der Waals surface area contributed by atoms with Gasteiger partial charge in [-0.1, -0.05) is 36.4 Å². The quantitative estimate of drug-likeness (QED) is 0.901. The summed E-state index contributed by atoms with van der Waals surface area (Å²) < 4.78 is 5.39. The molecule has 1 atom stereocenters. The molecule has 0 aromatic heterocycles. The molecule has 2 aromatic rings. The van der Waals surface area contributed by atoms with Crippen molar-refractivity contribution in [1.82, 2.24) is 5.32 Å². The van der Waals surface area contributed by atoms with Crippen molar-refractivity contribution in [3.8, 4) is 5.75 Å². The van der Waals surface area contributed by atoms with E-state index >= 15 is 0 Å². The van der Waals surface area contributed by atoms with Crippen molar-refractivity contribution < 1.29 is 9.84 Å². The van der Waals surface area contributed by atoms with Crippen LogP contribution in [0.5, 0.6) is 5.75 Å². The van der Waals surface area contributed by atoms with Gasteiger partial charge in [0.15, 0.2) is 0 Å². The van der Waals surface area contributed by atoms with Gasteiger partial charge in [0.2, 0.25) is 0 Å². The van der Waals surface area contributed by atoms with E-state index in [9.17, 15) is 5.11 Å². The smallest absolute Gasteiger partial charge is 0.128 e. The van der Waals surface area contributed by atoms with Crippen molar-refractivity contribution in [1.29, 1.82) is 0 Å². The van der Waals surface area contributed by atoms with Crippen LogP contribution in [0.4, 0.5) is 0 Å². The SMILES string of the molecule is CC(NCC1CCOCC1)c1ccc2ccccc2c1O. The molecule has 2 aromatic carbocycles. The van der Waals surface area contributed by atoms with E-state index in [4.69, 9.17) is 4.74 Å². The molecule has 112 valence electrons. The second kappa shape index (κ2) is 6.46. The van der Waals surface area contributed by atoms with Gasteiger partial charge >= 0.3 is 0 Å². The van der Waals surface area contributed by atoms with E-state index in [2.05, 4.69) is 18.3 Å². The molecule has 1 unspecified atom stereocenters. The van der Waals surface area contributed by atoms with Gasteiger partial charge in [0, 0.05) is 30.2 Å². The van der Waals surface area contributed by atoms with Crippen molar-refractivity contribution in [3.63, 3.8) is 0 Å². The maximum absolute atomic E-state index is 10.5. The van der Waals surface area contributed by atoms with Gasteiger partial charge in [-0.3, -0.25) is 0 Å². The first-order valence-corrected chi connectivity index (χ1v) is 7.77. The van der Waals surface area contributed by atoms with Crippen molar-refractivity contribution in [3.05, 3.63) is 42.0 Å². The molecule has 21 heavy (non-hydrogen) atoms. The van der Waals surface area contributed by atoms with E-state index in [1.165, 1.54) is 0 Å². The number of hydrogen-bond donors (Lipinski definition) is 2. The maximum Gasteiger partial charge on any atom is 0.128 e. The van der Waals surface area contributed by atoms with Crippen LogP contribution in [0.3, 0.4) is 0 Å². The number of fused-ring (bicyclic) bond motifs is 1. The van der Waals surface area contributed by atoms with E-state index in [-0.39, 0.29) is 6.04 Å². The minimum Gasteiger partial charge on any atom is -0.507 e. The monoisotopic (exact) mass is 285 g/mol. The van der Waals surface area contributed by atoms with E-state index in [1.807, 2.05) is 30.3 Å². The van der Waals surface area contributed by atoms with Crippen molar-refractivity contribution >= 4 is 10.8 Å². The molecule has 0 saturated carbocycles. The Kier molecular flexibility index (Phi) is 4.42. The number of rotatable bonds is 4. The van der Waals surface area contributed by atoms with E-state index in [0.29, 0.717) is 11.7 Å². The van der Waals surface area contributed by atoms with Gasteiger partial charge in [-0.05, 0) is 37.6 Å². The Bertz CT molecular complexity index is 605. The molecule has 2 N–H and O–H groups in total. The van der Waals surface area contributed by atoms with Gasteiger partial charge < -0.3 is 15.2 Å². The zero-order valence-corrected chi connectivity index (χ0v) is 12.5. The molecule has 0 amide bonds. The van der Waals surface area contributed by atoms with Crippen LogP contribution in [0.25, 0.3) is 10.8 Å². The second-order valence-corrected chi connectivity index (χ2v) is 5.91. The summed E-state index contributed by atoms with van der Waals surface area (Å²) in [5.74, 6) is 1.09. The number of hydrogen-bond acceptors (Lipinski definition) is 3. The highest BCUT2D eigenvalue weighted by molar-refractivity contribution is 5.89. The molecule has 3 rings (SSSR count). The van der Waals surface area contributed by atoms with Crippen LogP contribution in [-0.2, 0) is 4.74 Å². The van der Waals surface area contributed by atoms with Crippen LogP contribution in [0.2, 0.25) is 0 Å². The first-order valence-electron chi connectivity index (χ1n) is 7.77. The molecule has 1 aliphatic rings. The number of phenolic OH excluding ortho intramolecular Hbond substituents is 1. The van der Waals surface area contributed by atoms with Gasteiger partial charge in [-0.25, -0.2) is 0 Å². The average molecular weight is 285 g/mol. The van der Waals surface area contributed by atoms with Crippen LogP contribution in [0.1, 0.15) is 31.4 Å². The number of aromatic hydroxyl groups is 1. The summed E-state index contributed by atoms with van der Waals surface area (Å²) in [7, 11) is 0. The lowest BCUT2D eigenvalue weighted by Crippen LogP contribution is -2.29. The van der Waals surface area contributed by atoms with Gasteiger partial charge in [-0.2, -0.15) is 0 Å². The minimum atomic E-state index is 0.150. The summed E-state index contributed by atoms with van der Waals surface area (Å²) >= 11 is 0. The minimum absolute atomic E-state index is 0.150. The lowest BCUT2D eigenvalue weighted by Gasteiger charge is -2.25. The first kappa shape index (κ1) is 14.4. The average Bonchev–Trinajstić information content (AvgIpc) is 2.54. The number of benzene rings is 2. The lowest BCUT2D eigenvalue weighted by atomic mass is 9.98. The van der Waals surface area contributed by atoms with Gasteiger partial charge in [0.25, 0.3) is 0 Å². The topological polar surface area (TPSA) is 41.5 Å². The molecule has 0 aliphatic carbocycles. The molecule has 3 heteroatoms. The molecule has 1 saturated heterocycles. The molecular weight excluding hydrogens is 262 g/mol. The summed E-state index contributed by atoms with van der Waals surface area (Å²) in [6.07, 6.45) is 2.26. The molecule has 1 heterocycles. The third-order valence-electron chi connectivity index (χ3n) is 4.45. The largest absolute Gasteiger partial charge is 0.507 e. The first-order chi connectivity index (χ1) is 10.3. The van der Waals surface area contributed by atoms with Crippen molar-refractivity contribution in [2.45, 2.75) is 25.8 Å². The van der Waals surface area contributed by atoms with Crippen molar-refractivity contribution in [2.75, 3.05) is 19.8 Å². The Morgan fingerprint density at radius 3 is 2.76 bits per heavy atom. The molecule has 0 bridgehead atoms. The van der Waals surface area contributed by atoms with Crippen LogP contribution in [-0.4, -0.2) is 24.9 Å². The maximum atomic E-state index is 10.5. The molecule has 0 radical (unpaired) electrons. The summed E-state index contributed by atoms with van der Waals surface area (Å²) in [5, 5.41) is 16.1. The predicted octanol–water partition coefficient (Wildman–Crippen LogP) is 3.62. The van der Waals surface area contributed by atoms with Crippen molar-refractivity contribution in [2.24, 2.45) is 5.92 Å². The Balaban J connectivity index is 1.71. The molecule has 1 fully saturated rings. The zero-order valence-electron chi connectivity index (χ0n) is 12.5. The Morgan fingerprint density at radius 2 is 1.95 bits per heavy atom. The van der Waals surface area contributed by atoms with Crippen LogP contribution < -0.4 is 5.32 Å². The summed E-state index contributed by atoms with van der Waals surface area (Å²) in [4.78, 5) is 0. The van der Waals surface area contributed by atoms with E-state index in [1.54, 1.807) is 0 Å². The molecule has 3 nitrogen and oxygen atoms in total. The number of phenols is 1. The second-order valence-electron chi connectivity index (χ2n) is 5.91. The number of nitrogens with one attached hydrogen (secondary N) is 1. The Morgan fingerprint density at radius 1 is 1.19 bits per heavy atom. The third-order valence-corrected chi connectivity index (χ3v) is 4.45. The van der Waals surface area contributed by atoms with Gasteiger partial charge in [-0.15, -0.1) is 0 Å². The molecule has 1 aliphatic heterocycles. The fraction of sp³-hybridized carbons (Fsp3) is 0.444. The highest BCUT2D eigenvalue weighted by atomic mass is 16.5. The standard InChI is InChI=1S/C18H23NO2/c1-13(19-12-14-8-10-21-11-9-14)16-7-6-15-4-2-3-5-17(15)18(16)20/h2-7,13-14,19-20H,8-12H2,1H3. The van der Waals surface area contributed by atoms with Crippen LogP contribution in [0, 0.1) is 5.92 Å². The molecule has 0 spiro atoms. The predicted molar refractivity (Wildman–Crippen MR) is 85.6 cm³/mol. The summed E-state index contributed by atoms with van der Waals surface area (Å²) in [6, 6.07) is 12.2. The summed E-state index contributed by atoms with van der Waals surface area (Å²) in [5.41, 5.74) is 0.973. The third kappa shape index (κ3) is 3.20. The Hall–Kier alpha value is -1.58.